The lowest BCUT2D eigenvalue weighted by Crippen LogP contribution is -2.45. The molecule has 0 aliphatic carbocycles. The summed E-state index contributed by atoms with van der Waals surface area (Å²) in [6.07, 6.45) is 52.3. The molecule has 0 aromatic rings. The molecule has 0 heterocycles. The van der Waals surface area contributed by atoms with Gasteiger partial charge in [0.2, 0.25) is 5.91 Å². The molecule has 3 atom stereocenters. The van der Waals surface area contributed by atoms with Crippen LogP contribution in [0.25, 0.3) is 0 Å². The van der Waals surface area contributed by atoms with E-state index in [1.54, 1.807) is 6.08 Å². The fraction of sp³-hybridized carbons (Fsp3) is 0.711. The summed E-state index contributed by atoms with van der Waals surface area (Å²) in [5.74, 6) is -0.224. The fourth-order valence-corrected chi connectivity index (χ4v) is 6.46. The highest BCUT2D eigenvalue weighted by Gasteiger charge is 2.26. The quantitative estimate of drug-likeness (QED) is 0.0278. The average molecular weight is 777 g/mol. The molecule has 3 unspecified atom stereocenters. The molecule has 312 valence electrons. The Hall–Kier alpha value is -2.06. The van der Waals surface area contributed by atoms with Gasteiger partial charge < -0.3 is 21.1 Å². The molecule has 0 aliphatic rings. The van der Waals surface area contributed by atoms with Crippen LogP contribution in [0, 0.1) is 0 Å². The number of unbranched alkanes of at least 4 members (excludes halogenated alkanes) is 17. The Labute approximate surface area is 331 Å². The molecule has 0 fully saturated rings. The molecule has 8 nitrogen and oxygen atoms in total. The van der Waals surface area contributed by atoms with E-state index < -0.39 is 20.0 Å². The lowest BCUT2D eigenvalue weighted by molar-refractivity contribution is -0.123. The summed E-state index contributed by atoms with van der Waals surface area (Å²) in [4.78, 5) is 22.7. The third-order valence-electron chi connectivity index (χ3n) is 8.98. The Bertz CT molecular complexity index is 1070. The Morgan fingerprint density at radius 2 is 1.04 bits per heavy atom. The van der Waals surface area contributed by atoms with E-state index in [0.717, 1.165) is 70.6 Å². The zero-order chi connectivity index (χ0) is 39.6. The van der Waals surface area contributed by atoms with Crippen LogP contribution in [0.2, 0.25) is 0 Å². The molecule has 5 N–H and O–H groups in total. The third-order valence-corrected chi connectivity index (χ3v) is 9.97. The highest BCUT2D eigenvalue weighted by molar-refractivity contribution is 7.47. The second-order valence-electron chi connectivity index (χ2n) is 14.2. The van der Waals surface area contributed by atoms with Gasteiger partial charge in [0.05, 0.1) is 25.4 Å². The van der Waals surface area contributed by atoms with Gasteiger partial charge in [-0.25, -0.2) is 4.57 Å². The van der Waals surface area contributed by atoms with Crippen molar-refractivity contribution in [2.45, 2.75) is 187 Å². The van der Waals surface area contributed by atoms with E-state index >= 15 is 0 Å². The number of phosphoric ester groups is 1. The number of rotatable bonds is 39. The second-order valence-corrected chi connectivity index (χ2v) is 15.6. The van der Waals surface area contributed by atoms with Crippen LogP contribution in [-0.2, 0) is 18.4 Å². The first kappa shape index (κ1) is 51.9. The van der Waals surface area contributed by atoms with Crippen molar-refractivity contribution in [3.63, 3.8) is 0 Å². The number of nitrogens with one attached hydrogen (secondary N) is 1. The average Bonchev–Trinajstić information content (AvgIpc) is 3.16. The smallest absolute Gasteiger partial charge is 0.387 e. The number of hydrogen-bond donors (Lipinski definition) is 4. The van der Waals surface area contributed by atoms with Crippen LogP contribution in [0.4, 0.5) is 0 Å². The van der Waals surface area contributed by atoms with Gasteiger partial charge in [0, 0.05) is 13.0 Å². The van der Waals surface area contributed by atoms with Crippen LogP contribution in [0.15, 0.2) is 72.9 Å². The molecule has 0 aromatic heterocycles. The standard InChI is InChI=1S/C45H81N2O6P/c1-3-5-7-9-11-13-15-17-19-21-22-23-25-27-29-31-33-35-37-39-45(49)47-43(42-53-54(50,51)52-41-40-46)44(48)38-36-34-32-30-28-26-24-20-18-16-14-12-10-8-6-4-2/h11,13,17-20,22-23,28,30,36,38,43-44,48H,3-10,12,14-16,21,24-27,29,31-35,37,39-42,46H2,1-2H3,(H,47,49)(H,50,51)/b13-11-,19-17-,20-18+,23-22-,30-28+,38-36+. The zero-order valence-electron chi connectivity index (χ0n) is 34.4. The molecule has 1 amide bonds. The Morgan fingerprint density at radius 3 is 1.59 bits per heavy atom. The number of carbonyl (C=O) groups excluding carboxylic acids is 1. The largest absolute Gasteiger partial charge is 0.472 e. The van der Waals surface area contributed by atoms with Crippen molar-refractivity contribution in [1.82, 2.24) is 5.32 Å². The minimum atomic E-state index is -4.36. The number of phosphoric acid groups is 1. The maximum Gasteiger partial charge on any atom is 0.472 e. The first-order valence-electron chi connectivity index (χ1n) is 21.6. The summed E-state index contributed by atoms with van der Waals surface area (Å²) in [6, 6.07) is -0.893. The van der Waals surface area contributed by atoms with Gasteiger partial charge in [0.1, 0.15) is 0 Å². The number of amides is 1. The Morgan fingerprint density at radius 1 is 0.611 bits per heavy atom. The number of nitrogens with two attached hydrogens (primary N) is 1. The predicted molar refractivity (Wildman–Crippen MR) is 230 cm³/mol. The molecule has 0 bridgehead atoms. The number of hydrogen-bond acceptors (Lipinski definition) is 6. The van der Waals surface area contributed by atoms with Crippen molar-refractivity contribution in [3.05, 3.63) is 72.9 Å². The minimum absolute atomic E-state index is 0.0659. The van der Waals surface area contributed by atoms with Gasteiger partial charge in [0.15, 0.2) is 0 Å². The topological polar surface area (TPSA) is 131 Å². The summed E-state index contributed by atoms with van der Waals surface area (Å²) in [5.41, 5.74) is 5.37. The summed E-state index contributed by atoms with van der Waals surface area (Å²) in [5, 5.41) is 13.6. The van der Waals surface area contributed by atoms with Crippen LogP contribution in [0.1, 0.15) is 174 Å². The SMILES string of the molecule is CCCCC/C=C\C/C=C\C/C=C\CCCCCCCCC(=O)NC(COP(=O)(O)OCCN)C(O)/C=C/CC/C=C/CC/C=C/CCCCCCCC. The molecule has 0 saturated heterocycles. The third kappa shape index (κ3) is 38.2. The summed E-state index contributed by atoms with van der Waals surface area (Å²) in [7, 11) is -4.36. The van der Waals surface area contributed by atoms with Crippen molar-refractivity contribution >= 4 is 13.7 Å². The monoisotopic (exact) mass is 777 g/mol. The molecule has 0 radical (unpaired) electrons. The van der Waals surface area contributed by atoms with E-state index in [1.807, 2.05) is 6.08 Å². The molecule has 9 heteroatoms. The Balaban J connectivity index is 4.34. The van der Waals surface area contributed by atoms with E-state index in [9.17, 15) is 19.4 Å². The number of allylic oxidation sites excluding steroid dienone is 11. The zero-order valence-corrected chi connectivity index (χ0v) is 35.3. The van der Waals surface area contributed by atoms with Gasteiger partial charge in [-0.05, 0) is 83.5 Å². The first-order valence-corrected chi connectivity index (χ1v) is 23.1. The van der Waals surface area contributed by atoms with Crippen LogP contribution in [0.3, 0.4) is 0 Å². The van der Waals surface area contributed by atoms with Crippen LogP contribution >= 0.6 is 7.82 Å². The molecule has 0 saturated carbocycles. The van der Waals surface area contributed by atoms with Crippen molar-refractivity contribution in [2.24, 2.45) is 5.73 Å². The minimum Gasteiger partial charge on any atom is -0.387 e. The number of carbonyl (C=O) groups is 1. The van der Waals surface area contributed by atoms with Crippen LogP contribution < -0.4 is 11.1 Å². The van der Waals surface area contributed by atoms with Gasteiger partial charge in [-0.2, -0.15) is 0 Å². The summed E-state index contributed by atoms with van der Waals surface area (Å²) >= 11 is 0. The number of aliphatic hydroxyl groups excluding tert-OH is 1. The second kappa shape index (κ2) is 40.6. The maximum absolute atomic E-state index is 12.7. The van der Waals surface area contributed by atoms with E-state index in [2.05, 4.69) is 79.9 Å². The molecule has 54 heavy (non-hydrogen) atoms. The normalized spacial score (nSPS) is 14.8. The summed E-state index contributed by atoms with van der Waals surface area (Å²) < 4.78 is 22.1. The van der Waals surface area contributed by atoms with Crippen LogP contribution in [-0.4, -0.2) is 47.8 Å². The van der Waals surface area contributed by atoms with Gasteiger partial charge in [-0.1, -0.05) is 157 Å². The van der Waals surface area contributed by atoms with Gasteiger partial charge in [-0.15, -0.1) is 0 Å². The molecular formula is C45H81N2O6P. The van der Waals surface area contributed by atoms with Gasteiger partial charge >= 0.3 is 7.82 Å². The molecular weight excluding hydrogens is 695 g/mol. The number of aliphatic hydroxyl groups is 1. The highest BCUT2D eigenvalue weighted by atomic mass is 31.2. The highest BCUT2D eigenvalue weighted by Crippen LogP contribution is 2.43. The van der Waals surface area contributed by atoms with Crippen LogP contribution in [0.5, 0.6) is 0 Å². The van der Waals surface area contributed by atoms with Crippen molar-refractivity contribution < 1.29 is 28.4 Å². The summed E-state index contributed by atoms with van der Waals surface area (Å²) in [6.45, 7) is 4.04. The van der Waals surface area contributed by atoms with Crippen molar-refractivity contribution in [3.8, 4) is 0 Å². The molecule has 0 aliphatic heterocycles. The Kier molecular flexibility index (Phi) is 39.0. The van der Waals surface area contributed by atoms with Gasteiger partial charge in [0.25, 0.3) is 0 Å². The molecule has 0 aromatic carbocycles. The maximum atomic E-state index is 12.7. The molecule has 0 rings (SSSR count). The molecule has 0 spiro atoms. The van der Waals surface area contributed by atoms with E-state index in [-0.39, 0.29) is 25.7 Å². The lowest BCUT2D eigenvalue weighted by Gasteiger charge is -2.23. The van der Waals surface area contributed by atoms with Crippen molar-refractivity contribution in [1.29, 1.82) is 0 Å². The van der Waals surface area contributed by atoms with E-state index in [4.69, 9.17) is 14.8 Å². The predicted octanol–water partition coefficient (Wildman–Crippen LogP) is 12.1. The van der Waals surface area contributed by atoms with Gasteiger partial charge in [-0.3, -0.25) is 13.8 Å². The lowest BCUT2D eigenvalue weighted by atomic mass is 10.1. The van der Waals surface area contributed by atoms with Crippen molar-refractivity contribution in [2.75, 3.05) is 19.8 Å². The fourth-order valence-electron chi connectivity index (χ4n) is 5.70. The van der Waals surface area contributed by atoms with E-state index in [1.165, 1.54) is 83.5 Å². The first-order chi connectivity index (χ1) is 26.4. The van der Waals surface area contributed by atoms with E-state index in [0.29, 0.717) is 6.42 Å².